The molecule has 2 unspecified atom stereocenters. The highest BCUT2D eigenvalue weighted by molar-refractivity contribution is 5.91. The largest absolute Gasteiger partial charge is 0.311 e. The third kappa shape index (κ3) is 2.84. The van der Waals surface area contributed by atoms with Crippen LogP contribution in [0.25, 0.3) is 0 Å². The molecule has 16 heavy (non-hydrogen) atoms. The van der Waals surface area contributed by atoms with Gasteiger partial charge in [-0.3, -0.25) is 4.79 Å². The van der Waals surface area contributed by atoms with Gasteiger partial charge in [-0.05, 0) is 19.8 Å². The van der Waals surface area contributed by atoms with E-state index >= 15 is 0 Å². The van der Waals surface area contributed by atoms with Crippen molar-refractivity contribution >= 4 is 11.7 Å². The first kappa shape index (κ1) is 12.7. The van der Waals surface area contributed by atoms with Crippen molar-refractivity contribution in [3.8, 4) is 0 Å². The van der Waals surface area contributed by atoms with E-state index in [0.29, 0.717) is 6.04 Å². The Hall–Kier alpha value is -1.32. The van der Waals surface area contributed by atoms with E-state index in [1.165, 1.54) is 0 Å². The molecule has 0 fully saturated rings. The number of hydrogen-bond donors (Lipinski definition) is 1. The lowest BCUT2D eigenvalue weighted by atomic mass is 10.1. The Morgan fingerprint density at radius 1 is 1.44 bits per heavy atom. The Balaban J connectivity index is 2.74. The summed E-state index contributed by atoms with van der Waals surface area (Å²) in [5, 5.41) is 7.15. The summed E-state index contributed by atoms with van der Waals surface area (Å²) in [4.78, 5) is 11.8. The second kappa shape index (κ2) is 5.68. The number of amides is 1. The van der Waals surface area contributed by atoms with Gasteiger partial charge in [0.05, 0.1) is 12.2 Å². The third-order valence-corrected chi connectivity index (χ3v) is 2.99. The van der Waals surface area contributed by atoms with Gasteiger partial charge in [0, 0.05) is 12.0 Å². The summed E-state index contributed by atoms with van der Waals surface area (Å²) in [7, 11) is 0. The molecule has 1 heterocycles. The molecular weight excluding hydrogens is 202 g/mol. The zero-order valence-corrected chi connectivity index (χ0v) is 10.5. The zero-order chi connectivity index (χ0) is 12.1. The highest BCUT2D eigenvalue weighted by Gasteiger charge is 2.14. The third-order valence-electron chi connectivity index (χ3n) is 2.99. The molecular formula is C12H21N3O. The topological polar surface area (TPSA) is 46.9 Å². The first-order valence-electron chi connectivity index (χ1n) is 5.94. The van der Waals surface area contributed by atoms with Crippen molar-refractivity contribution in [3.05, 3.63) is 12.3 Å². The molecule has 1 aromatic rings. The van der Waals surface area contributed by atoms with Crippen LogP contribution < -0.4 is 5.32 Å². The van der Waals surface area contributed by atoms with E-state index in [4.69, 9.17) is 0 Å². The van der Waals surface area contributed by atoms with Gasteiger partial charge in [0.15, 0.2) is 0 Å². The number of carbonyl (C=O) groups is 1. The van der Waals surface area contributed by atoms with E-state index in [1.807, 2.05) is 24.6 Å². The van der Waals surface area contributed by atoms with Crippen LogP contribution in [0, 0.1) is 5.92 Å². The standard InChI is InChI=1S/C12H21N3O/c1-5-9(3)12(16)14-11-7-8-13-15(11)10(4)6-2/h7-10H,5-6H2,1-4H3,(H,14,16). The molecule has 2 atom stereocenters. The van der Waals surface area contributed by atoms with E-state index in [2.05, 4.69) is 24.3 Å². The fourth-order valence-electron chi connectivity index (χ4n) is 1.37. The van der Waals surface area contributed by atoms with Gasteiger partial charge in [-0.25, -0.2) is 4.68 Å². The van der Waals surface area contributed by atoms with Gasteiger partial charge >= 0.3 is 0 Å². The van der Waals surface area contributed by atoms with Gasteiger partial charge in [0.1, 0.15) is 5.82 Å². The minimum absolute atomic E-state index is 0.0419. The van der Waals surface area contributed by atoms with Crippen LogP contribution in [0.2, 0.25) is 0 Å². The Labute approximate surface area is 97.0 Å². The van der Waals surface area contributed by atoms with E-state index in [0.717, 1.165) is 18.7 Å². The molecule has 0 aromatic carbocycles. The molecule has 0 spiro atoms. The van der Waals surface area contributed by atoms with E-state index < -0.39 is 0 Å². The van der Waals surface area contributed by atoms with Gasteiger partial charge in [0.25, 0.3) is 0 Å². The van der Waals surface area contributed by atoms with Crippen LogP contribution in [0.15, 0.2) is 12.3 Å². The Morgan fingerprint density at radius 3 is 2.69 bits per heavy atom. The van der Waals surface area contributed by atoms with Crippen LogP contribution >= 0.6 is 0 Å². The number of nitrogens with zero attached hydrogens (tertiary/aromatic N) is 2. The summed E-state index contributed by atoms with van der Waals surface area (Å²) >= 11 is 0. The van der Waals surface area contributed by atoms with Crippen molar-refractivity contribution in [1.82, 2.24) is 9.78 Å². The quantitative estimate of drug-likeness (QED) is 0.834. The van der Waals surface area contributed by atoms with Gasteiger partial charge in [-0.1, -0.05) is 20.8 Å². The molecule has 4 nitrogen and oxygen atoms in total. The van der Waals surface area contributed by atoms with Crippen molar-refractivity contribution in [2.24, 2.45) is 5.92 Å². The first-order valence-corrected chi connectivity index (χ1v) is 5.94. The SMILES string of the molecule is CCC(C)C(=O)Nc1ccnn1C(C)CC. The number of anilines is 1. The van der Waals surface area contributed by atoms with Crippen LogP contribution in [0.4, 0.5) is 5.82 Å². The van der Waals surface area contributed by atoms with E-state index in [1.54, 1.807) is 6.20 Å². The predicted octanol–water partition coefficient (Wildman–Crippen LogP) is 2.84. The molecule has 0 saturated heterocycles. The maximum Gasteiger partial charge on any atom is 0.228 e. The number of aromatic nitrogens is 2. The summed E-state index contributed by atoms with van der Waals surface area (Å²) in [6, 6.07) is 2.15. The number of carbonyl (C=O) groups excluding carboxylic acids is 1. The lowest BCUT2D eigenvalue weighted by Crippen LogP contribution is -2.22. The number of rotatable bonds is 5. The normalized spacial score (nSPS) is 14.5. The van der Waals surface area contributed by atoms with Crippen LogP contribution in [-0.2, 0) is 4.79 Å². The maximum atomic E-state index is 11.8. The number of hydrogen-bond acceptors (Lipinski definition) is 2. The summed E-state index contributed by atoms with van der Waals surface area (Å²) < 4.78 is 1.86. The number of nitrogens with one attached hydrogen (secondary N) is 1. The van der Waals surface area contributed by atoms with Crippen molar-refractivity contribution in [1.29, 1.82) is 0 Å². The summed E-state index contributed by atoms with van der Waals surface area (Å²) in [5.41, 5.74) is 0. The molecule has 1 aromatic heterocycles. The minimum Gasteiger partial charge on any atom is -0.311 e. The van der Waals surface area contributed by atoms with Gasteiger partial charge in [0.2, 0.25) is 5.91 Å². The van der Waals surface area contributed by atoms with Crippen molar-refractivity contribution < 1.29 is 4.79 Å². The molecule has 1 amide bonds. The van der Waals surface area contributed by atoms with Gasteiger partial charge in [-0.15, -0.1) is 0 Å². The minimum atomic E-state index is 0.0419. The van der Waals surface area contributed by atoms with Crippen molar-refractivity contribution in [2.75, 3.05) is 5.32 Å². The molecule has 0 aliphatic carbocycles. The molecule has 4 heteroatoms. The van der Waals surface area contributed by atoms with E-state index in [-0.39, 0.29) is 11.8 Å². The van der Waals surface area contributed by atoms with Crippen molar-refractivity contribution in [3.63, 3.8) is 0 Å². The highest BCUT2D eigenvalue weighted by atomic mass is 16.1. The Bertz CT molecular complexity index is 346. The predicted molar refractivity (Wildman–Crippen MR) is 65.3 cm³/mol. The van der Waals surface area contributed by atoms with Gasteiger partial charge in [-0.2, -0.15) is 5.10 Å². The summed E-state index contributed by atoms with van der Waals surface area (Å²) in [6.07, 6.45) is 3.57. The molecule has 90 valence electrons. The lowest BCUT2D eigenvalue weighted by molar-refractivity contribution is -0.119. The Morgan fingerprint density at radius 2 is 2.12 bits per heavy atom. The maximum absolute atomic E-state index is 11.8. The molecule has 0 bridgehead atoms. The average molecular weight is 223 g/mol. The van der Waals surface area contributed by atoms with Crippen LogP contribution in [-0.4, -0.2) is 15.7 Å². The molecule has 1 N–H and O–H groups in total. The first-order chi connectivity index (χ1) is 7.60. The summed E-state index contributed by atoms with van der Waals surface area (Å²) in [5.74, 6) is 0.896. The molecule has 0 saturated carbocycles. The highest BCUT2D eigenvalue weighted by Crippen LogP contribution is 2.17. The second-order valence-corrected chi connectivity index (χ2v) is 4.22. The fourth-order valence-corrected chi connectivity index (χ4v) is 1.37. The van der Waals surface area contributed by atoms with Crippen LogP contribution in [0.1, 0.15) is 46.6 Å². The molecule has 0 aliphatic heterocycles. The molecule has 0 aliphatic rings. The smallest absolute Gasteiger partial charge is 0.228 e. The lowest BCUT2D eigenvalue weighted by Gasteiger charge is -2.15. The zero-order valence-electron chi connectivity index (χ0n) is 10.5. The Kier molecular flexibility index (Phi) is 4.52. The van der Waals surface area contributed by atoms with Gasteiger partial charge < -0.3 is 5.32 Å². The monoisotopic (exact) mass is 223 g/mol. The van der Waals surface area contributed by atoms with Crippen LogP contribution in [0.5, 0.6) is 0 Å². The summed E-state index contributed by atoms with van der Waals surface area (Å²) in [6.45, 7) is 8.13. The second-order valence-electron chi connectivity index (χ2n) is 4.22. The van der Waals surface area contributed by atoms with Crippen molar-refractivity contribution in [2.45, 2.75) is 46.6 Å². The molecule has 1 rings (SSSR count). The average Bonchev–Trinajstić information content (AvgIpc) is 2.74. The van der Waals surface area contributed by atoms with Crippen LogP contribution in [0.3, 0.4) is 0 Å². The van der Waals surface area contributed by atoms with E-state index in [9.17, 15) is 4.79 Å². The molecule has 0 radical (unpaired) electrons. The fraction of sp³-hybridized carbons (Fsp3) is 0.667.